The zero-order valence-corrected chi connectivity index (χ0v) is 19.3. The van der Waals surface area contributed by atoms with Gasteiger partial charge in [0.25, 0.3) is 5.91 Å². The molecule has 0 saturated carbocycles. The number of hydrogen-bond acceptors (Lipinski definition) is 7. The number of carbonyl (C=O) groups is 1. The summed E-state index contributed by atoms with van der Waals surface area (Å²) in [6.45, 7) is 4.17. The monoisotopic (exact) mass is 458 g/mol. The number of rotatable bonds is 7. The van der Waals surface area contributed by atoms with Crippen LogP contribution in [0.4, 0.5) is 11.6 Å². The van der Waals surface area contributed by atoms with Crippen LogP contribution in [0.2, 0.25) is 0 Å². The highest BCUT2D eigenvalue weighted by Gasteiger charge is 2.34. The molecule has 4 heterocycles. The van der Waals surface area contributed by atoms with Crippen LogP contribution >= 0.6 is 0 Å². The fraction of sp³-hybridized carbons (Fsp3) is 0.280. The summed E-state index contributed by atoms with van der Waals surface area (Å²) in [6, 6.07) is 13.2. The molecule has 1 amide bonds. The molecule has 1 aliphatic rings. The zero-order valence-electron chi connectivity index (χ0n) is 19.3. The summed E-state index contributed by atoms with van der Waals surface area (Å²) < 4.78 is 11.3. The van der Waals surface area contributed by atoms with Crippen molar-refractivity contribution >= 4 is 28.4 Å². The topological polar surface area (TPSA) is 105 Å². The normalized spacial score (nSPS) is 14.4. The zero-order chi connectivity index (χ0) is 23.7. The van der Waals surface area contributed by atoms with E-state index in [0.717, 1.165) is 22.3 Å². The molecule has 5 rings (SSSR count). The minimum Gasteiger partial charge on any atom is -0.493 e. The van der Waals surface area contributed by atoms with Gasteiger partial charge in [0.05, 0.1) is 31.2 Å². The second-order valence-corrected chi connectivity index (χ2v) is 9.04. The minimum atomic E-state index is -0.0735. The van der Waals surface area contributed by atoms with Crippen LogP contribution < -0.4 is 10.1 Å². The Morgan fingerprint density at radius 2 is 1.94 bits per heavy atom. The van der Waals surface area contributed by atoms with E-state index in [1.54, 1.807) is 31.4 Å². The highest BCUT2D eigenvalue weighted by Crippen LogP contribution is 2.29. The summed E-state index contributed by atoms with van der Waals surface area (Å²) in [5.41, 5.74) is 3.64. The van der Waals surface area contributed by atoms with Gasteiger partial charge in [0.1, 0.15) is 11.4 Å². The van der Waals surface area contributed by atoms with Crippen molar-refractivity contribution in [3.63, 3.8) is 0 Å². The number of pyridine rings is 1. The van der Waals surface area contributed by atoms with Crippen molar-refractivity contribution in [3.05, 3.63) is 60.6 Å². The number of aromatic amines is 1. The number of amides is 1. The van der Waals surface area contributed by atoms with E-state index >= 15 is 0 Å². The van der Waals surface area contributed by atoms with Gasteiger partial charge in [0.2, 0.25) is 5.95 Å². The van der Waals surface area contributed by atoms with E-state index in [1.807, 2.05) is 42.5 Å². The molecule has 3 aromatic heterocycles. The highest BCUT2D eigenvalue weighted by atomic mass is 16.5. The highest BCUT2D eigenvalue weighted by molar-refractivity contribution is 5.98. The quantitative estimate of drug-likeness (QED) is 0.433. The van der Waals surface area contributed by atoms with Crippen LogP contribution in [-0.4, -0.2) is 64.7 Å². The standard InChI is InChI=1S/C25H26N6O3/c1-25(13-33-14-25)15-34-18-6-8-26-21(12-18)19-7-9-27-24(30-19)28-17-5-4-16-10-22(23(32)31(2)3)29-20(16)11-17/h4-12,29H,13-15H2,1-3H3,(H,27,28,30). The molecule has 0 atom stereocenters. The van der Waals surface area contributed by atoms with Gasteiger partial charge in [-0.15, -0.1) is 0 Å². The maximum absolute atomic E-state index is 12.2. The lowest BCUT2D eigenvalue weighted by molar-refractivity contribution is -0.120. The van der Waals surface area contributed by atoms with Gasteiger partial charge in [-0.25, -0.2) is 9.97 Å². The molecule has 4 aromatic rings. The van der Waals surface area contributed by atoms with Crippen LogP contribution in [0.3, 0.4) is 0 Å². The summed E-state index contributed by atoms with van der Waals surface area (Å²) >= 11 is 0. The first kappa shape index (κ1) is 21.8. The van der Waals surface area contributed by atoms with Crippen LogP contribution in [0.1, 0.15) is 17.4 Å². The average molecular weight is 459 g/mol. The molecule has 0 aliphatic carbocycles. The maximum Gasteiger partial charge on any atom is 0.269 e. The SMILES string of the molecule is CN(C)C(=O)c1cc2ccc(Nc3nccc(-c4cc(OCC5(C)COC5)ccn4)n3)cc2[nH]1. The average Bonchev–Trinajstić information content (AvgIpc) is 3.25. The van der Waals surface area contributed by atoms with E-state index in [9.17, 15) is 4.79 Å². The van der Waals surface area contributed by atoms with Gasteiger partial charge in [0.15, 0.2) is 0 Å². The summed E-state index contributed by atoms with van der Waals surface area (Å²) in [6.07, 6.45) is 3.40. The van der Waals surface area contributed by atoms with E-state index in [4.69, 9.17) is 9.47 Å². The molecule has 174 valence electrons. The third-order valence-electron chi connectivity index (χ3n) is 5.65. The molecule has 1 aliphatic heterocycles. The molecule has 2 N–H and O–H groups in total. The van der Waals surface area contributed by atoms with Crippen LogP contribution in [-0.2, 0) is 4.74 Å². The van der Waals surface area contributed by atoms with Crippen molar-refractivity contribution in [2.75, 3.05) is 39.2 Å². The number of fused-ring (bicyclic) bond motifs is 1. The van der Waals surface area contributed by atoms with Gasteiger partial charge in [-0.3, -0.25) is 9.78 Å². The fourth-order valence-corrected chi connectivity index (χ4v) is 3.68. The molecule has 0 radical (unpaired) electrons. The molecule has 9 nitrogen and oxygen atoms in total. The van der Waals surface area contributed by atoms with Crippen LogP contribution in [0.15, 0.2) is 54.9 Å². The van der Waals surface area contributed by atoms with Crippen molar-refractivity contribution in [1.29, 1.82) is 0 Å². The van der Waals surface area contributed by atoms with Gasteiger partial charge >= 0.3 is 0 Å². The maximum atomic E-state index is 12.2. The lowest BCUT2D eigenvalue weighted by atomic mass is 9.90. The predicted molar refractivity (Wildman–Crippen MR) is 129 cm³/mol. The number of nitrogens with one attached hydrogen (secondary N) is 2. The lowest BCUT2D eigenvalue weighted by Gasteiger charge is -2.37. The number of H-pyrrole nitrogens is 1. The summed E-state index contributed by atoms with van der Waals surface area (Å²) in [5, 5.41) is 4.18. The fourth-order valence-electron chi connectivity index (χ4n) is 3.68. The van der Waals surface area contributed by atoms with Crippen molar-refractivity contribution in [3.8, 4) is 17.1 Å². The second kappa shape index (κ2) is 8.75. The molecule has 0 bridgehead atoms. The molecular weight excluding hydrogens is 432 g/mol. The van der Waals surface area contributed by atoms with Crippen molar-refractivity contribution in [2.24, 2.45) is 5.41 Å². The Morgan fingerprint density at radius 1 is 1.12 bits per heavy atom. The second-order valence-electron chi connectivity index (χ2n) is 9.04. The van der Waals surface area contributed by atoms with Gasteiger partial charge in [0, 0.05) is 54.6 Å². The summed E-state index contributed by atoms with van der Waals surface area (Å²) in [5.74, 6) is 1.11. The van der Waals surface area contributed by atoms with Crippen LogP contribution in [0.25, 0.3) is 22.3 Å². The molecule has 0 unspecified atom stereocenters. The van der Waals surface area contributed by atoms with Gasteiger partial charge in [-0.2, -0.15) is 0 Å². The molecule has 1 fully saturated rings. The minimum absolute atomic E-state index is 0.0657. The Balaban J connectivity index is 1.33. The largest absolute Gasteiger partial charge is 0.493 e. The number of anilines is 2. The Labute approximate surface area is 197 Å². The van der Waals surface area contributed by atoms with Gasteiger partial charge in [-0.1, -0.05) is 13.0 Å². The summed E-state index contributed by atoms with van der Waals surface area (Å²) in [4.78, 5) is 30.4. The van der Waals surface area contributed by atoms with E-state index in [2.05, 4.69) is 32.2 Å². The Kier molecular flexibility index (Phi) is 5.62. The van der Waals surface area contributed by atoms with Gasteiger partial charge < -0.3 is 24.7 Å². The number of ether oxygens (including phenoxy) is 2. The van der Waals surface area contributed by atoms with Crippen LogP contribution in [0, 0.1) is 5.41 Å². The molecule has 0 spiro atoms. The van der Waals surface area contributed by atoms with Crippen molar-refractivity contribution in [2.45, 2.75) is 6.92 Å². The van der Waals surface area contributed by atoms with E-state index in [0.29, 0.717) is 42.9 Å². The first-order chi connectivity index (χ1) is 16.4. The van der Waals surface area contributed by atoms with Crippen LogP contribution in [0.5, 0.6) is 5.75 Å². The Morgan fingerprint density at radius 3 is 2.71 bits per heavy atom. The summed E-state index contributed by atoms with van der Waals surface area (Å²) in [7, 11) is 3.46. The van der Waals surface area contributed by atoms with E-state index in [-0.39, 0.29) is 11.3 Å². The predicted octanol–water partition coefficient (Wildman–Crippen LogP) is 3.88. The first-order valence-electron chi connectivity index (χ1n) is 11.0. The smallest absolute Gasteiger partial charge is 0.269 e. The number of hydrogen-bond donors (Lipinski definition) is 2. The van der Waals surface area contributed by atoms with E-state index in [1.165, 1.54) is 0 Å². The Hall–Kier alpha value is -3.98. The number of aromatic nitrogens is 4. The number of nitrogens with zero attached hydrogens (tertiary/aromatic N) is 4. The Bertz CT molecular complexity index is 1350. The molecule has 34 heavy (non-hydrogen) atoms. The molecule has 9 heteroatoms. The third-order valence-corrected chi connectivity index (χ3v) is 5.65. The molecule has 1 aromatic carbocycles. The molecular formula is C25H26N6O3. The van der Waals surface area contributed by atoms with Gasteiger partial charge in [-0.05, 0) is 30.3 Å². The molecule has 1 saturated heterocycles. The first-order valence-corrected chi connectivity index (χ1v) is 11.0. The van der Waals surface area contributed by atoms with Crippen molar-refractivity contribution < 1.29 is 14.3 Å². The third kappa shape index (κ3) is 4.55. The number of carbonyl (C=O) groups excluding carboxylic acids is 1. The number of benzene rings is 1. The van der Waals surface area contributed by atoms with E-state index < -0.39 is 0 Å². The lowest BCUT2D eigenvalue weighted by Crippen LogP contribution is -2.44. The van der Waals surface area contributed by atoms with Crippen molar-refractivity contribution in [1.82, 2.24) is 24.8 Å².